The van der Waals surface area contributed by atoms with Crippen LogP contribution in [-0.2, 0) is 16.0 Å². The van der Waals surface area contributed by atoms with Crippen LogP contribution in [0.1, 0.15) is 18.4 Å². The lowest BCUT2D eigenvalue weighted by Crippen LogP contribution is -2.30. The summed E-state index contributed by atoms with van der Waals surface area (Å²) in [5.74, 6) is 0.115. The highest BCUT2D eigenvalue weighted by Gasteiger charge is 2.36. The van der Waals surface area contributed by atoms with Gasteiger partial charge in [-0.1, -0.05) is 6.07 Å². The molecular formula is C20H19FN2O3. The van der Waals surface area contributed by atoms with Crippen LogP contribution in [0.5, 0.6) is 5.75 Å². The molecule has 1 saturated carbocycles. The Morgan fingerprint density at radius 3 is 2.65 bits per heavy atom. The van der Waals surface area contributed by atoms with Crippen LogP contribution < -0.4 is 15.0 Å². The minimum atomic E-state index is -0.356. The molecule has 26 heavy (non-hydrogen) atoms. The highest BCUT2D eigenvalue weighted by molar-refractivity contribution is 5.99. The fourth-order valence-corrected chi connectivity index (χ4v) is 3.11. The zero-order valence-corrected chi connectivity index (χ0v) is 14.2. The molecule has 0 unspecified atom stereocenters. The summed E-state index contributed by atoms with van der Waals surface area (Å²) < 4.78 is 18.2. The van der Waals surface area contributed by atoms with E-state index in [1.807, 2.05) is 23.1 Å². The van der Waals surface area contributed by atoms with Crippen LogP contribution in [0, 0.1) is 11.7 Å². The van der Waals surface area contributed by atoms with Gasteiger partial charge in [-0.05, 0) is 61.2 Å². The predicted octanol–water partition coefficient (Wildman–Crippen LogP) is 3.14. The molecule has 4 rings (SSSR count). The van der Waals surface area contributed by atoms with E-state index >= 15 is 0 Å². The number of carbonyl (C=O) groups is 2. The van der Waals surface area contributed by atoms with E-state index in [1.165, 1.54) is 24.3 Å². The Labute approximate surface area is 150 Å². The lowest BCUT2D eigenvalue weighted by molar-refractivity contribution is -0.119. The minimum absolute atomic E-state index is 0.170. The summed E-state index contributed by atoms with van der Waals surface area (Å²) in [6.07, 6.45) is 2.79. The molecule has 0 spiro atoms. The lowest BCUT2D eigenvalue weighted by atomic mass is 10.1. The van der Waals surface area contributed by atoms with Gasteiger partial charge in [0.15, 0.2) is 6.61 Å². The number of amides is 2. The number of nitrogens with zero attached hydrogens (tertiary/aromatic N) is 1. The van der Waals surface area contributed by atoms with Crippen molar-refractivity contribution in [2.45, 2.75) is 19.3 Å². The Morgan fingerprint density at radius 1 is 1.15 bits per heavy atom. The van der Waals surface area contributed by atoms with Gasteiger partial charge >= 0.3 is 0 Å². The van der Waals surface area contributed by atoms with Crippen LogP contribution in [0.3, 0.4) is 0 Å². The normalized spacial score (nSPS) is 15.5. The molecule has 2 aliphatic rings. The Morgan fingerprint density at radius 2 is 1.92 bits per heavy atom. The monoisotopic (exact) mass is 354 g/mol. The highest BCUT2D eigenvalue weighted by atomic mass is 19.1. The first-order chi connectivity index (χ1) is 12.6. The van der Waals surface area contributed by atoms with E-state index in [-0.39, 0.29) is 30.2 Å². The van der Waals surface area contributed by atoms with Crippen molar-refractivity contribution < 1.29 is 18.7 Å². The first-order valence-electron chi connectivity index (χ1n) is 8.73. The van der Waals surface area contributed by atoms with Crippen molar-refractivity contribution in [2.75, 3.05) is 23.4 Å². The standard InChI is InChI=1S/C20H19FN2O3/c21-15-4-7-17(8-5-15)26-12-19(24)22-16-6-3-13-9-10-23(18(13)11-16)20(25)14-1-2-14/h3-8,11,14H,1-2,9-10,12H2,(H,22,24). The molecule has 0 bridgehead atoms. The van der Waals surface area contributed by atoms with Gasteiger partial charge in [-0.3, -0.25) is 9.59 Å². The van der Waals surface area contributed by atoms with Crippen LogP contribution in [0.4, 0.5) is 15.8 Å². The Balaban J connectivity index is 1.39. The molecule has 0 radical (unpaired) electrons. The quantitative estimate of drug-likeness (QED) is 0.897. The first-order valence-corrected chi connectivity index (χ1v) is 8.73. The van der Waals surface area contributed by atoms with Crippen molar-refractivity contribution in [3.63, 3.8) is 0 Å². The smallest absolute Gasteiger partial charge is 0.262 e. The maximum absolute atomic E-state index is 12.9. The summed E-state index contributed by atoms with van der Waals surface area (Å²) in [5.41, 5.74) is 2.64. The highest BCUT2D eigenvalue weighted by Crippen LogP contribution is 2.37. The molecule has 1 heterocycles. The molecule has 2 aromatic carbocycles. The van der Waals surface area contributed by atoms with E-state index in [0.717, 1.165) is 30.5 Å². The predicted molar refractivity (Wildman–Crippen MR) is 95.7 cm³/mol. The van der Waals surface area contributed by atoms with Gasteiger partial charge in [0.25, 0.3) is 5.91 Å². The van der Waals surface area contributed by atoms with Crippen molar-refractivity contribution in [1.82, 2.24) is 0 Å². The van der Waals surface area contributed by atoms with Crippen molar-refractivity contribution in [2.24, 2.45) is 5.92 Å². The van der Waals surface area contributed by atoms with E-state index in [2.05, 4.69) is 5.32 Å². The average molecular weight is 354 g/mol. The number of fused-ring (bicyclic) bond motifs is 1. The van der Waals surface area contributed by atoms with Crippen molar-refractivity contribution in [1.29, 1.82) is 0 Å². The van der Waals surface area contributed by atoms with Crippen LogP contribution in [0.2, 0.25) is 0 Å². The van der Waals surface area contributed by atoms with E-state index in [9.17, 15) is 14.0 Å². The molecule has 1 N–H and O–H groups in total. The summed E-state index contributed by atoms with van der Waals surface area (Å²) >= 11 is 0. The van der Waals surface area contributed by atoms with Gasteiger partial charge < -0.3 is 15.0 Å². The molecular weight excluding hydrogens is 335 g/mol. The number of benzene rings is 2. The third-order valence-corrected chi connectivity index (χ3v) is 4.64. The largest absolute Gasteiger partial charge is 0.484 e. The lowest BCUT2D eigenvalue weighted by Gasteiger charge is -2.18. The number of anilines is 2. The van der Waals surface area contributed by atoms with E-state index in [0.29, 0.717) is 18.0 Å². The number of rotatable bonds is 5. The van der Waals surface area contributed by atoms with Crippen molar-refractivity contribution in [3.05, 3.63) is 53.8 Å². The fourth-order valence-electron chi connectivity index (χ4n) is 3.11. The van der Waals surface area contributed by atoms with Gasteiger partial charge in [-0.25, -0.2) is 4.39 Å². The van der Waals surface area contributed by atoms with Gasteiger partial charge in [-0.2, -0.15) is 0 Å². The topological polar surface area (TPSA) is 58.6 Å². The Bertz CT molecular complexity index is 847. The van der Waals surface area contributed by atoms with Crippen molar-refractivity contribution >= 4 is 23.2 Å². The zero-order chi connectivity index (χ0) is 18.1. The molecule has 1 aliphatic carbocycles. The maximum atomic E-state index is 12.9. The summed E-state index contributed by atoms with van der Waals surface area (Å²) in [4.78, 5) is 26.3. The molecule has 134 valence electrons. The van der Waals surface area contributed by atoms with E-state index in [1.54, 1.807) is 0 Å². The molecule has 0 aromatic heterocycles. The van der Waals surface area contributed by atoms with Gasteiger partial charge in [0.2, 0.25) is 5.91 Å². The molecule has 2 aromatic rings. The molecule has 6 heteroatoms. The molecule has 0 atom stereocenters. The van der Waals surface area contributed by atoms with Crippen LogP contribution in [0.25, 0.3) is 0 Å². The Kier molecular flexibility index (Phi) is 4.32. The SMILES string of the molecule is O=C(COc1ccc(F)cc1)Nc1ccc2c(c1)N(C(=O)C1CC1)CC2. The van der Waals surface area contributed by atoms with Crippen molar-refractivity contribution in [3.8, 4) is 5.75 Å². The second kappa shape index (κ2) is 6.78. The van der Waals surface area contributed by atoms with Gasteiger partial charge in [0, 0.05) is 23.8 Å². The summed E-state index contributed by atoms with van der Waals surface area (Å²) in [6, 6.07) is 11.1. The Hall–Kier alpha value is -2.89. The fraction of sp³-hybridized carbons (Fsp3) is 0.300. The van der Waals surface area contributed by atoms with Crippen LogP contribution in [-0.4, -0.2) is 25.0 Å². The van der Waals surface area contributed by atoms with Gasteiger partial charge in [0.1, 0.15) is 11.6 Å². The van der Waals surface area contributed by atoms with Crippen LogP contribution in [0.15, 0.2) is 42.5 Å². The van der Waals surface area contributed by atoms with E-state index in [4.69, 9.17) is 4.74 Å². The molecule has 1 aliphatic heterocycles. The average Bonchev–Trinajstić information content (AvgIpc) is 3.41. The molecule has 2 amide bonds. The van der Waals surface area contributed by atoms with Gasteiger partial charge in [-0.15, -0.1) is 0 Å². The number of hydrogen-bond donors (Lipinski definition) is 1. The second-order valence-electron chi connectivity index (χ2n) is 6.65. The summed E-state index contributed by atoms with van der Waals surface area (Å²) in [6.45, 7) is 0.531. The molecule has 5 nitrogen and oxygen atoms in total. The number of halogens is 1. The number of carbonyl (C=O) groups excluding carboxylic acids is 2. The third-order valence-electron chi connectivity index (χ3n) is 4.64. The minimum Gasteiger partial charge on any atom is -0.484 e. The first kappa shape index (κ1) is 16.6. The summed E-state index contributed by atoms with van der Waals surface area (Å²) in [5, 5.41) is 2.78. The number of hydrogen-bond acceptors (Lipinski definition) is 3. The van der Waals surface area contributed by atoms with Gasteiger partial charge in [0.05, 0.1) is 0 Å². The molecule has 1 fully saturated rings. The van der Waals surface area contributed by atoms with E-state index < -0.39 is 0 Å². The maximum Gasteiger partial charge on any atom is 0.262 e. The van der Waals surface area contributed by atoms with Crippen LogP contribution >= 0.6 is 0 Å². The number of nitrogens with one attached hydrogen (secondary N) is 1. The third kappa shape index (κ3) is 3.54. The zero-order valence-electron chi connectivity index (χ0n) is 14.2. The molecule has 0 saturated heterocycles. The number of ether oxygens (including phenoxy) is 1. The summed E-state index contributed by atoms with van der Waals surface area (Å²) in [7, 11) is 0. The second-order valence-corrected chi connectivity index (χ2v) is 6.65.